The maximum atomic E-state index is 13.7. The molecule has 4 N–H and O–H groups in total. The standard InChI is InChI=1S/C30H36FN5O3S/c1-22(35-16-14-27(15-17-35)34-29(37)18-23-10-12-26(31)13-11-23)20-36(28-9-5-8-25(19-28)30(32)33)40(38,39)21-24-6-3-2-4-7-24/h2-13,19,22,27H,14-18,20-21H2,1H3,(H3,32,33)(H,34,37)/t22-/m1/s1. The van der Waals surface area contributed by atoms with E-state index in [9.17, 15) is 17.6 Å². The Kier molecular flexibility index (Phi) is 9.54. The molecule has 3 aromatic carbocycles. The van der Waals surface area contributed by atoms with Crippen LogP contribution in [-0.2, 0) is 27.0 Å². The van der Waals surface area contributed by atoms with Crippen molar-refractivity contribution in [2.75, 3.05) is 23.9 Å². The van der Waals surface area contributed by atoms with Crippen LogP contribution in [0.15, 0.2) is 78.9 Å². The summed E-state index contributed by atoms with van der Waals surface area (Å²) in [5, 5.41) is 10.9. The molecule has 10 heteroatoms. The third-order valence-electron chi connectivity index (χ3n) is 7.20. The second-order valence-corrected chi connectivity index (χ2v) is 12.2. The van der Waals surface area contributed by atoms with Gasteiger partial charge in [-0.05, 0) is 55.2 Å². The maximum Gasteiger partial charge on any atom is 0.239 e. The highest BCUT2D eigenvalue weighted by Gasteiger charge is 2.30. The number of anilines is 1. The molecule has 8 nitrogen and oxygen atoms in total. The van der Waals surface area contributed by atoms with Crippen LogP contribution in [-0.4, -0.2) is 56.8 Å². The van der Waals surface area contributed by atoms with E-state index in [4.69, 9.17) is 11.1 Å². The highest BCUT2D eigenvalue weighted by atomic mass is 32.2. The van der Waals surface area contributed by atoms with Gasteiger partial charge in [-0.3, -0.25) is 19.4 Å². The number of hydrogen-bond donors (Lipinski definition) is 3. The fourth-order valence-corrected chi connectivity index (χ4v) is 6.62. The number of benzene rings is 3. The van der Waals surface area contributed by atoms with E-state index < -0.39 is 10.0 Å². The van der Waals surface area contributed by atoms with Crippen molar-refractivity contribution in [2.24, 2.45) is 5.73 Å². The van der Waals surface area contributed by atoms with Crippen molar-refractivity contribution < 1.29 is 17.6 Å². The van der Waals surface area contributed by atoms with E-state index in [-0.39, 0.29) is 48.4 Å². The van der Waals surface area contributed by atoms with E-state index >= 15 is 0 Å². The summed E-state index contributed by atoms with van der Waals surface area (Å²) < 4.78 is 41.9. The van der Waals surface area contributed by atoms with E-state index in [0.717, 1.165) is 18.4 Å². The molecule has 1 aliphatic heterocycles. The molecule has 0 bridgehead atoms. The number of nitrogen functional groups attached to an aromatic ring is 1. The molecule has 1 atom stereocenters. The lowest BCUT2D eigenvalue weighted by molar-refractivity contribution is -0.121. The molecule has 1 heterocycles. The van der Waals surface area contributed by atoms with Crippen LogP contribution in [0.2, 0.25) is 0 Å². The summed E-state index contributed by atoms with van der Waals surface area (Å²) in [4.78, 5) is 14.7. The van der Waals surface area contributed by atoms with Gasteiger partial charge in [0.05, 0.1) is 17.9 Å². The van der Waals surface area contributed by atoms with Crippen LogP contribution in [0.25, 0.3) is 0 Å². The highest BCUT2D eigenvalue weighted by Crippen LogP contribution is 2.24. The van der Waals surface area contributed by atoms with E-state index in [1.165, 1.54) is 16.4 Å². The maximum absolute atomic E-state index is 13.7. The Morgan fingerprint density at radius 2 is 1.73 bits per heavy atom. The van der Waals surface area contributed by atoms with Crippen LogP contribution in [0.5, 0.6) is 0 Å². The number of nitrogens with zero attached hydrogens (tertiary/aromatic N) is 2. The van der Waals surface area contributed by atoms with Gasteiger partial charge in [0, 0.05) is 37.3 Å². The molecule has 1 amide bonds. The number of halogens is 1. The molecule has 0 aromatic heterocycles. The van der Waals surface area contributed by atoms with Gasteiger partial charge >= 0.3 is 0 Å². The van der Waals surface area contributed by atoms with Gasteiger partial charge in [0.15, 0.2) is 0 Å². The minimum atomic E-state index is -3.75. The van der Waals surface area contributed by atoms with Crippen molar-refractivity contribution in [2.45, 2.75) is 44.0 Å². The Morgan fingerprint density at radius 3 is 2.38 bits per heavy atom. The van der Waals surface area contributed by atoms with Gasteiger partial charge in [0.1, 0.15) is 11.7 Å². The smallest absolute Gasteiger partial charge is 0.239 e. The number of nitrogens with two attached hydrogens (primary N) is 1. The lowest BCUT2D eigenvalue weighted by Gasteiger charge is -2.38. The first-order chi connectivity index (χ1) is 19.1. The van der Waals surface area contributed by atoms with Gasteiger partial charge in [-0.1, -0.05) is 54.6 Å². The average molecular weight is 566 g/mol. The number of rotatable bonds is 11. The lowest BCUT2D eigenvalue weighted by Crippen LogP contribution is -2.51. The second-order valence-electron chi connectivity index (χ2n) is 10.3. The topological polar surface area (TPSA) is 120 Å². The predicted molar refractivity (Wildman–Crippen MR) is 156 cm³/mol. The third-order valence-corrected chi connectivity index (χ3v) is 8.93. The molecular formula is C30H36FN5O3S. The van der Waals surface area contributed by atoms with Gasteiger partial charge in [-0.15, -0.1) is 0 Å². The number of sulfonamides is 1. The average Bonchev–Trinajstić information content (AvgIpc) is 2.93. The van der Waals surface area contributed by atoms with Crippen LogP contribution in [0.4, 0.5) is 10.1 Å². The molecule has 1 aliphatic rings. The molecule has 0 saturated carbocycles. The monoisotopic (exact) mass is 565 g/mol. The summed E-state index contributed by atoms with van der Waals surface area (Å²) in [6, 6.07) is 21.7. The zero-order valence-corrected chi connectivity index (χ0v) is 23.4. The molecule has 0 spiro atoms. The van der Waals surface area contributed by atoms with Crippen LogP contribution in [0.1, 0.15) is 36.5 Å². The number of hydrogen-bond acceptors (Lipinski definition) is 5. The van der Waals surface area contributed by atoms with Crippen molar-refractivity contribution in [1.82, 2.24) is 10.2 Å². The van der Waals surface area contributed by atoms with E-state index in [1.54, 1.807) is 48.5 Å². The zero-order valence-electron chi connectivity index (χ0n) is 22.6. The molecular weight excluding hydrogens is 529 g/mol. The predicted octanol–water partition coefficient (Wildman–Crippen LogP) is 3.66. The number of carbonyl (C=O) groups is 1. The molecule has 0 unspecified atom stereocenters. The summed E-state index contributed by atoms with van der Waals surface area (Å²) >= 11 is 0. The van der Waals surface area contributed by atoms with Gasteiger partial charge in [-0.2, -0.15) is 0 Å². The molecule has 1 saturated heterocycles. The molecule has 0 aliphatic carbocycles. The first kappa shape index (κ1) is 29.2. The van der Waals surface area contributed by atoms with Gasteiger partial charge in [-0.25, -0.2) is 12.8 Å². The Morgan fingerprint density at radius 1 is 1.05 bits per heavy atom. The summed E-state index contributed by atoms with van der Waals surface area (Å²) in [6.45, 7) is 3.66. The van der Waals surface area contributed by atoms with E-state index in [2.05, 4.69) is 10.2 Å². The Bertz CT molecular complexity index is 1410. The Labute approximate surface area is 235 Å². The third kappa shape index (κ3) is 7.89. The molecule has 4 rings (SSSR count). The summed E-state index contributed by atoms with van der Waals surface area (Å²) in [5.41, 5.74) is 8.08. The summed E-state index contributed by atoms with van der Waals surface area (Å²) in [6.07, 6.45) is 1.69. The van der Waals surface area contributed by atoms with Crippen molar-refractivity contribution in [3.8, 4) is 0 Å². The molecule has 1 fully saturated rings. The minimum Gasteiger partial charge on any atom is -0.384 e. The van der Waals surface area contributed by atoms with Crippen LogP contribution >= 0.6 is 0 Å². The summed E-state index contributed by atoms with van der Waals surface area (Å²) in [7, 11) is -3.75. The number of likely N-dealkylation sites (tertiary alicyclic amines) is 1. The number of amides is 1. The van der Waals surface area contributed by atoms with Crippen LogP contribution in [0.3, 0.4) is 0 Å². The second kappa shape index (κ2) is 13.1. The number of piperidine rings is 1. The normalized spacial score (nSPS) is 15.3. The first-order valence-electron chi connectivity index (χ1n) is 13.4. The quantitative estimate of drug-likeness (QED) is 0.242. The van der Waals surface area contributed by atoms with Gasteiger partial charge in [0.25, 0.3) is 0 Å². The van der Waals surface area contributed by atoms with Crippen LogP contribution < -0.4 is 15.4 Å². The summed E-state index contributed by atoms with van der Waals surface area (Å²) in [5.74, 6) is -0.698. The fourth-order valence-electron chi connectivity index (χ4n) is 4.98. The van der Waals surface area contributed by atoms with Gasteiger partial charge in [0.2, 0.25) is 15.9 Å². The van der Waals surface area contributed by atoms with E-state index in [1.807, 2.05) is 25.1 Å². The fraction of sp³-hybridized carbons (Fsp3) is 0.333. The zero-order chi connectivity index (χ0) is 28.7. The SMILES string of the molecule is C[C@H](CN(c1cccc(C(=N)N)c1)S(=O)(=O)Cc1ccccc1)N1CCC(NC(=O)Cc2ccc(F)cc2)CC1. The molecule has 212 valence electrons. The molecule has 3 aromatic rings. The van der Waals surface area contributed by atoms with Crippen molar-refractivity contribution >= 4 is 27.5 Å². The van der Waals surface area contributed by atoms with Crippen molar-refractivity contribution in [3.05, 3.63) is 101 Å². The largest absolute Gasteiger partial charge is 0.384 e. The minimum absolute atomic E-state index is 0.0292. The first-order valence-corrected chi connectivity index (χ1v) is 15.0. The Balaban J connectivity index is 1.41. The van der Waals surface area contributed by atoms with Crippen LogP contribution in [0, 0.1) is 11.2 Å². The van der Waals surface area contributed by atoms with Crippen molar-refractivity contribution in [1.29, 1.82) is 5.41 Å². The molecule has 0 radical (unpaired) electrons. The number of carbonyl (C=O) groups excluding carboxylic acids is 1. The highest BCUT2D eigenvalue weighted by molar-refractivity contribution is 7.92. The Hall–Kier alpha value is -3.76. The number of amidine groups is 1. The lowest BCUT2D eigenvalue weighted by atomic mass is 10.0. The number of nitrogens with one attached hydrogen (secondary N) is 2. The molecule has 40 heavy (non-hydrogen) atoms. The van der Waals surface area contributed by atoms with E-state index in [0.29, 0.717) is 29.9 Å². The van der Waals surface area contributed by atoms with Crippen molar-refractivity contribution in [3.63, 3.8) is 0 Å². The van der Waals surface area contributed by atoms with Gasteiger partial charge < -0.3 is 11.1 Å².